The first-order valence-electron chi connectivity index (χ1n) is 8.57. The fourth-order valence-electron chi connectivity index (χ4n) is 2.85. The fraction of sp³-hybridized carbons (Fsp3) is 0.0455. The second-order valence-electron chi connectivity index (χ2n) is 6.18. The number of allylic oxidation sites excluding steroid dienone is 1. The molecule has 1 N–H and O–H groups in total. The van der Waals surface area contributed by atoms with Crippen LogP contribution in [-0.2, 0) is 0 Å². The van der Waals surface area contributed by atoms with E-state index in [0.29, 0.717) is 21.9 Å². The van der Waals surface area contributed by atoms with Gasteiger partial charge < -0.3 is 9.73 Å². The molecule has 0 bridgehead atoms. The number of nitriles is 1. The summed E-state index contributed by atoms with van der Waals surface area (Å²) < 4.78 is 5.26. The van der Waals surface area contributed by atoms with Gasteiger partial charge in [0.15, 0.2) is 0 Å². The molecule has 0 saturated heterocycles. The van der Waals surface area contributed by atoms with E-state index < -0.39 is 0 Å². The van der Waals surface area contributed by atoms with E-state index in [2.05, 4.69) is 16.4 Å². The van der Waals surface area contributed by atoms with Gasteiger partial charge in [-0.3, -0.25) is 0 Å². The lowest BCUT2D eigenvalue weighted by atomic mass is 10.1. The van der Waals surface area contributed by atoms with Crippen LogP contribution < -0.4 is 10.9 Å². The van der Waals surface area contributed by atoms with Crippen LogP contribution in [0.2, 0.25) is 0 Å². The highest BCUT2D eigenvalue weighted by atomic mass is 32.1. The van der Waals surface area contributed by atoms with Gasteiger partial charge in [0.05, 0.1) is 5.69 Å². The Morgan fingerprint density at radius 1 is 1.21 bits per heavy atom. The predicted octanol–water partition coefficient (Wildman–Crippen LogP) is 5.20. The Morgan fingerprint density at radius 3 is 2.82 bits per heavy atom. The van der Waals surface area contributed by atoms with Crippen molar-refractivity contribution in [3.8, 4) is 17.3 Å². The minimum Gasteiger partial charge on any atom is -0.423 e. The van der Waals surface area contributed by atoms with E-state index in [1.54, 1.807) is 12.3 Å². The smallest absolute Gasteiger partial charge is 0.336 e. The lowest BCUT2D eigenvalue weighted by Gasteiger charge is -2.05. The first-order valence-corrected chi connectivity index (χ1v) is 9.44. The van der Waals surface area contributed by atoms with Crippen LogP contribution in [0.1, 0.15) is 10.6 Å². The molecule has 0 spiro atoms. The molecule has 2 heterocycles. The molecule has 4 rings (SSSR count). The van der Waals surface area contributed by atoms with Crippen LogP contribution in [0.3, 0.4) is 0 Å². The maximum Gasteiger partial charge on any atom is 0.336 e. The quantitative estimate of drug-likeness (QED) is 0.386. The van der Waals surface area contributed by atoms with E-state index in [-0.39, 0.29) is 5.63 Å². The number of thiazole rings is 1. The van der Waals surface area contributed by atoms with Crippen molar-refractivity contribution in [1.82, 2.24) is 4.98 Å². The highest BCUT2D eigenvalue weighted by Gasteiger charge is 2.09. The number of fused-ring (bicyclic) bond motifs is 1. The molecule has 0 saturated carbocycles. The summed E-state index contributed by atoms with van der Waals surface area (Å²) in [6.07, 6.45) is 1.61. The number of anilines is 1. The third-order valence-electron chi connectivity index (χ3n) is 4.26. The second kappa shape index (κ2) is 7.51. The van der Waals surface area contributed by atoms with Gasteiger partial charge in [-0.1, -0.05) is 30.3 Å². The van der Waals surface area contributed by atoms with Crippen LogP contribution in [-0.4, -0.2) is 4.98 Å². The molecule has 136 valence electrons. The maximum atomic E-state index is 11.6. The van der Waals surface area contributed by atoms with Gasteiger partial charge in [-0.2, -0.15) is 5.26 Å². The Kier molecular flexibility index (Phi) is 4.75. The molecule has 0 fully saturated rings. The van der Waals surface area contributed by atoms with E-state index >= 15 is 0 Å². The summed E-state index contributed by atoms with van der Waals surface area (Å²) in [7, 11) is 0. The Hall–Kier alpha value is -3.69. The standard InChI is InChI=1S/C22H15N3O2S/c1-14-9-21(26)27-20-10-17(7-8-18(14)20)24-12-16(11-23)22-25-19(13-28-22)15-5-3-2-4-6-15/h2-10,12-13,24H,1H3/b16-12-. The van der Waals surface area contributed by atoms with Crippen molar-refractivity contribution in [3.05, 3.63) is 87.2 Å². The fourth-order valence-corrected chi connectivity index (χ4v) is 3.65. The minimum absolute atomic E-state index is 0.383. The highest BCUT2D eigenvalue weighted by Crippen LogP contribution is 2.26. The van der Waals surface area contributed by atoms with Gasteiger partial charge in [0.1, 0.15) is 22.2 Å². The van der Waals surface area contributed by atoms with Gasteiger partial charge in [0.25, 0.3) is 0 Å². The molecule has 5 nitrogen and oxygen atoms in total. The van der Waals surface area contributed by atoms with Crippen LogP contribution in [0.15, 0.2) is 75.4 Å². The minimum atomic E-state index is -0.383. The van der Waals surface area contributed by atoms with E-state index in [4.69, 9.17) is 4.42 Å². The Balaban J connectivity index is 1.61. The SMILES string of the molecule is Cc1cc(=O)oc2cc(N/C=C(/C#N)c3nc(-c4ccccc4)cs3)ccc12. The predicted molar refractivity (Wildman–Crippen MR) is 112 cm³/mol. The number of aryl methyl sites for hydroxylation is 1. The van der Waals surface area contributed by atoms with Crippen LogP contribution in [0.25, 0.3) is 27.8 Å². The van der Waals surface area contributed by atoms with Gasteiger partial charge >= 0.3 is 5.63 Å². The summed E-state index contributed by atoms with van der Waals surface area (Å²) in [5, 5.41) is 16.1. The average Bonchev–Trinajstić information content (AvgIpc) is 3.19. The number of rotatable bonds is 4. The van der Waals surface area contributed by atoms with Crippen LogP contribution in [0.4, 0.5) is 5.69 Å². The van der Waals surface area contributed by atoms with Crippen molar-refractivity contribution < 1.29 is 4.42 Å². The lowest BCUT2D eigenvalue weighted by molar-refractivity contribution is 0.560. The van der Waals surface area contributed by atoms with Crippen molar-refractivity contribution >= 4 is 33.6 Å². The van der Waals surface area contributed by atoms with Gasteiger partial charge in [-0.15, -0.1) is 11.3 Å². The van der Waals surface area contributed by atoms with E-state index in [1.165, 1.54) is 17.4 Å². The van der Waals surface area contributed by atoms with Crippen LogP contribution >= 0.6 is 11.3 Å². The summed E-state index contributed by atoms with van der Waals surface area (Å²) in [4.78, 5) is 16.1. The molecule has 6 heteroatoms. The van der Waals surface area contributed by atoms with Crippen molar-refractivity contribution in [2.24, 2.45) is 0 Å². The van der Waals surface area contributed by atoms with Crippen LogP contribution in [0.5, 0.6) is 0 Å². The molecular formula is C22H15N3O2S. The summed E-state index contributed by atoms with van der Waals surface area (Å²) in [6, 6.07) is 19.0. The molecule has 28 heavy (non-hydrogen) atoms. The number of hydrogen-bond acceptors (Lipinski definition) is 6. The molecule has 0 aliphatic heterocycles. The Labute approximate surface area is 165 Å². The monoisotopic (exact) mass is 385 g/mol. The Bertz CT molecular complexity index is 1280. The van der Waals surface area contributed by atoms with E-state index in [9.17, 15) is 10.1 Å². The summed E-state index contributed by atoms with van der Waals surface area (Å²) in [6.45, 7) is 1.87. The number of nitrogens with one attached hydrogen (secondary N) is 1. The lowest BCUT2D eigenvalue weighted by Crippen LogP contribution is -1.98. The van der Waals surface area contributed by atoms with Crippen LogP contribution in [0, 0.1) is 18.3 Å². The largest absolute Gasteiger partial charge is 0.423 e. The number of nitrogens with zero attached hydrogens (tertiary/aromatic N) is 2. The zero-order chi connectivity index (χ0) is 19.5. The van der Waals surface area contributed by atoms with Crippen molar-refractivity contribution in [3.63, 3.8) is 0 Å². The van der Waals surface area contributed by atoms with Gasteiger partial charge in [0, 0.05) is 40.3 Å². The zero-order valence-corrected chi connectivity index (χ0v) is 15.8. The van der Waals surface area contributed by atoms with E-state index in [0.717, 1.165) is 22.2 Å². The molecular weight excluding hydrogens is 370 g/mol. The second-order valence-corrected chi connectivity index (χ2v) is 7.04. The zero-order valence-electron chi connectivity index (χ0n) is 15.0. The summed E-state index contributed by atoms with van der Waals surface area (Å²) >= 11 is 1.42. The number of benzene rings is 2. The third-order valence-corrected chi connectivity index (χ3v) is 5.13. The highest BCUT2D eigenvalue weighted by molar-refractivity contribution is 7.11. The molecule has 4 aromatic rings. The first-order chi connectivity index (χ1) is 13.6. The molecule has 2 aromatic heterocycles. The maximum absolute atomic E-state index is 11.6. The molecule has 2 aromatic carbocycles. The third kappa shape index (κ3) is 3.56. The van der Waals surface area contributed by atoms with Crippen molar-refractivity contribution in [2.75, 3.05) is 5.32 Å². The van der Waals surface area contributed by atoms with Gasteiger partial charge in [0.2, 0.25) is 0 Å². The molecule has 0 radical (unpaired) electrons. The average molecular weight is 385 g/mol. The van der Waals surface area contributed by atoms with Gasteiger partial charge in [-0.05, 0) is 24.6 Å². The molecule has 0 atom stereocenters. The summed E-state index contributed by atoms with van der Waals surface area (Å²) in [5.74, 6) is 0. The Morgan fingerprint density at radius 2 is 2.04 bits per heavy atom. The molecule has 0 aliphatic rings. The summed E-state index contributed by atoms with van der Waals surface area (Å²) in [5.41, 5.74) is 3.98. The van der Waals surface area contributed by atoms with E-state index in [1.807, 2.05) is 54.8 Å². The van der Waals surface area contributed by atoms with Crippen molar-refractivity contribution in [1.29, 1.82) is 5.26 Å². The molecule has 0 amide bonds. The molecule has 0 aliphatic carbocycles. The van der Waals surface area contributed by atoms with Gasteiger partial charge in [-0.25, -0.2) is 9.78 Å². The topological polar surface area (TPSA) is 78.9 Å². The first kappa shape index (κ1) is 17.7. The van der Waals surface area contributed by atoms with Crippen molar-refractivity contribution in [2.45, 2.75) is 6.92 Å². The molecule has 0 unspecified atom stereocenters. The number of aromatic nitrogens is 1. The number of hydrogen-bond donors (Lipinski definition) is 1. The normalized spacial score (nSPS) is 11.4.